The number of hydrogen-bond acceptors (Lipinski definition) is 4. The second kappa shape index (κ2) is 31.2. The average molecular weight is 276 g/mol. The first-order chi connectivity index (χ1) is 2.83. The monoisotopic (exact) mass is 276 g/mol. The molecule has 0 aliphatic heterocycles. The van der Waals surface area contributed by atoms with Crippen LogP contribution in [0.25, 0.3) is 0 Å². The molecule has 5 heteroatoms. The predicted octanol–water partition coefficient (Wildman–Crippen LogP) is -4.67. The zero-order chi connectivity index (χ0) is 5.41. The molecule has 0 atom stereocenters. The van der Waals surface area contributed by atoms with Crippen LogP contribution >= 0.6 is 0 Å². The van der Waals surface area contributed by atoms with E-state index in [2.05, 4.69) is 0 Å². The van der Waals surface area contributed by atoms with E-state index >= 15 is 0 Å². The van der Waals surface area contributed by atoms with Crippen molar-refractivity contribution in [1.82, 2.24) is 0 Å². The van der Waals surface area contributed by atoms with Gasteiger partial charge in [-0.15, -0.1) is 0 Å². The van der Waals surface area contributed by atoms with Crippen molar-refractivity contribution in [2.24, 2.45) is 0 Å². The van der Waals surface area contributed by atoms with Gasteiger partial charge in [0.15, 0.2) is 0 Å². The first kappa shape index (κ1) is 15.6. The van der Waals surface area contributed by atoms with Gasteiger partial charge in [0.2, 0.25) is 0 Å². The Labute approximate surface area is 55.7 Å². The van der Waals surface area contributed by atoms with Gasteiger partial charge in [0.05, 0.1) is 0 Å². The van der Waals surface area contributed by atoms with Gasteiger partial charge in [-0.2, -0.15) is 0 Å². The summed E-state index contributed by atoms with van der Waals surface area (Å²) < 4.78 is 0. The molecule has 0 unspecified atom stereocenters. The standard InChI is InChI=1S/2CH2O2.W/c2*2-1-3;/h2*1H2;/q2*-2;. The molecule has 0 fully saturated rings. The van der Waals surface area contributed by atoms with Gasteiger partial charge in [-0.3, -0.25) is 0 Å². The Morgan fingerprint density at radius 2 is 0.714 bits per heavy atom. The van der Waals surface area contributed by atoms with Crippen LogP contribution in [-0.2, 0) is 21.1 Å². The van der Waals surface area contributed by atoms with E-state index in [0.29, 0.717) is 0 Å². The third-order valence-corrected chi connectivity index (χ3v) is 0. The Balaban J connectivity index is -0.0000000400. The van der Waals surface area contributed by atoms with Gasteiger partial charge in [-0.05, 0) is 0 Å². The first-order valence-electron chi connectivity index (χ1n) is 1.15. The van der Waals surface area contributed by atoms with E-state index in [9.17, 15) is 0 Å². The van der Waals surface area contributed by atoms with Crippen molar-refractivity contribution >= 4 is 0 Å². The smallest absolute Gasteiger partial charge is 0 e. The minimum atomic E-state index is -1.25. The molecule has 0 N–H and O–H groups in total. The van der Waals surface area contributed by atoms with Crippen molar-refractivity contribution in [2.75, 3.05) is 13.6 Å². The molecular weight excluding hydrogens is 272 g/mol. The maximum absolute atomic E-state index is 8.38. The van der Waals surface area contributed by atoms with Crippen LogP contribution in [0, 0.1) is 0 Å². The maximum Gasteiger partial charge on any atom is 0 e. The van der Waals surface area contributed by atoms with Crippen LogP contribution in [0.1, 0.15) is 0 Å². The fourth-order valence-corrected chi connectivity index (χ4v) is 0. The van der Waals surface area contributed by atoms with Gasteiger partial charge in [-0.1, -0.05) is 0 Å². The molecule has 46 valence electrons. The minimum Gasteiger partial charge on any atom is -0.868 e. The summed E-state index contributed by atoms with van der Waals surface area (Å²) in [4.78, 5) is 0. The Morgan fingerprint density at radius 3 is 0.714 bits per heavy atom. The van der Waals surface area contributed by atoms with Gasteiger partial charge >= 0.3 is 0 Å². The molecule has 0 saturated carbocycles. The fourth-order valence-electron chi connectivity index (χ4n) is 0. The Bertz CT molecular complexity index is 11.7. The molecular formula is C2H4O4W-4. The van der Waals surface area contributed by atoms with E-state index in [-0.39, 0.29) is 21.1 Å². The molecule has 0 aromatic carbocycles. The summed E-state index contributed by atoms with van der Waals surface area (Å²) in [5.41, 5.74) is 0. The quantitative estimate of drug-likeness (QED) is 0.416. The summed E-state index contributed by atoms with van der Waals surface area (Å²) in [6, 6.07) is 0. The molecule has 0 saturated heterocycles. The molecule has 0 amide bonds. The normalized spacial score (nSPS) is 5.14. The van der Waals surface area contributed by atoms with E-state index in [1.807, 2.05) is 0 Å². The summed E-state index contributed by atoms with van der Waals surface area (Å²) in [5, 5.41) is 33.5. The summed E-state index contributed by atoms with van der Waals surface area (Å²) in [7, 11) is 0. The van der Waals surface area contributed by atoms with Crippen LogP contribution in [-0.4, -0.2) is 13.6 Å². The molecule has 4 nitrogen and oxygen atoms in total. The van der Waals surface area contributed by atoms with Gasteiger partial charge in [0.1, 0.15) is 0 Å². The van der Waals surface area contributed by atoms with E-state index in [0.717, 1.165) is 0 Å². The van der Waals surface area contributed by atoms with Crippen molar-refractivity contribution in [3.8, 4) is 0 Å². The molecule has 0 radical (unpaired) electrons. The molecule has 0 aliphatic carbocycles. The van der Waals surface area contributed by atoms with Crippen LogP contribution in [0.2, 0.25) is 0 Å². The average Bonchev–Trinajstić information content (AvgIpc) is 1.39. The van der Waals surface area contributed by atoms with Crippen LogP contribution in [0.4, 0.5) is 0 Å². The van der Waals surface area contributed by atoms with E-state index in [1.165, 1.54) is 0 Å². The van der Waals surface area contributed by atoms with Crippen molar-refractivity contribution in [2.45, 2.75) is 0 Å². The third kappa shape index (κ3) is 480. The Morgan fingerprint density at radius 1 is 0.714 bits per heavy atom. The zero-order valence-corrected chi connectivity index (χ0v) is 6.39. The SMILES string of the molecule is [O-]C[O-].[O-]C[O-].[W]. The summed E-state index contributed by atoms with van der Waals surface area (Å²) >= 11 is 0. The predicted molar refractivity (Wildman–Crippen MR) is 9.73 cm³/mol. The van der Waals surface area contributed by atoms with Crippen molar-refractivity contribution in [1.29, 1.82) is 0 Å². The summed E-state index contributed by atoms with van der Waals surface area (Å²) in [5.74, 6) is 0. The fraction of sp³-hybridized carbons (Fsp3) is 1.00. The molecule has 0 aromatic rings. The Kier molecular flexibility index (Phi) is 69.8. The third-order valence-electron chi connectivity index (χ3n) is 0. The first-order valence-corrected chi connectivity index (χ1v) is 1.15. The topological polar surface area (TPSA) is 92.2 Å². The van der Waals surface area contributed by atoms with Crippen LogP contribution in [0.3, 0.4) is 0 Å². The van der Waals surface area contributed by atoms with Gasteiger partial charge in [0.25, 0.3) is 0 Å². The largest absolute Gasteiger partial charge is 0.868 e. The molecule has 0 aromatic heterocycles. The van der Waals surface area contributed by atoms with Gasteiger partial charge in [0, 0.05) is 21.1 Å². The summed E-state index contributed by atoms with van der Waals surface area (Å²) in [6.45, 7) is -2.50. The van der Waals surface area contributed by atoms with E-state index in [1.54, 1.807) is 0 Å². The second-order valence-electron chi connectivity index (χ2n) is 0.236. The van der Waals surface area contributed by atoms with Crippen molar-refractivity contribution in [3.05, 3.63) is 0 Å². The summed E-state index contributed by atoms with van der Waals surface area (Å²) in [6.07, 6.45) is 0. The minimum absolute atomic E-state index is 0. The molecule has 0 bridgehead atoms. The molecule has 7 heavy (non-hydrogen) atoms. The van der Waals surface area contributed by atoms with Crippen LogP contribution < -0.4 is 20.4 Å². The Hall–Kier alpha value is 0.528. The van der Waals surface area contributed by atoms with Crippen molar-refractivity contribution in [3.63, 3.8) is 0 Å². The zero-order valence-electron chi connectivity index (χ0n) is 3.46. The second-order valence-corrected chi connectivity index (χ2v) is 0.236. The molecule has 0 aliphatic rings. The molecule has 0 heterocycles. The number of rotatable bonds is 0. The number of hydrogen-bond donors (Lipinski definition) is 0. The molecule has 0 spiro atoms. The van der Waals surface area contributed by atoms with E-state index < -0.39 is 13.6 Å². The van der Waals surface area contributed by atoms with Crippen LogP contribution in [0.15, 0.2) is 0 Å². The van der Waals surface area contributed by atoms with E-state index in [4.69, 9.17) is 20.4 Å². The maximum atomic E-state index is 8.38. The van der Waals surface area contributed by atoms with Crippen LogP contribution in [0.5, 0.6) is 0 Å². The van der Waals surface area contributed by atoms with Crippen molar-refractivity contribution < 1.29 is 41.5 Å². The van der Waals surface area contributed by atoms with Gasteiger partial charge < -0.3 is 20.4 Å². The van der Waals surface area contributed by atoms with Gasteiger partial charge in [-0.25, -0.2) is 13.6 Å². The molecule has 0 rings (SSSR count).